The van der Waals surface area contributed by atoms with Crippen LogP contribution in [0.1, 0.15) is 41.4 Å². The van der Waals surface area contributed by atoms with Gasteiger partial charge in [0.2, 0.25) is 5.91 Å². The van der Waals surface area contributed by atoms with Crippen LogP contribution in [0.2, 0.25) is 0 Å². The molecule has 1 aromatic heterocycles. The van der Waals surface area contributed by atoms with Gasteiger partial charge in [-0.05, 0) is 42.7 Å². The molecular formula is C25H26N4O2. The number of carbonyl (C=O) groups excluding carboxylic acids is 2. The molecule has 0 unspecified atom stereocenters. The zero-order valence-electron chi connectivity index (χ0n) is 17.7. The molecule has 0 spiro atoms. The van der Waals surface area contributed by atoms with Crippen molar-refractivity contribution in [3.05, 3.63) is 65.4 Å². The van der Waals surface area contributed by atoms with Crippen LogP contribution in [0.3, 0.4) is 0 Å². The minimum Gasteiger partial charge on any atom is -0.339 e. The number of hydrogen-bond donors (Lipinski definition) is 1. The smallest absolute Gasteiger partial charge is 0.253 e. The van der Waals surface area contributed by atoms with Crippen molar-refractivity contribution < 1.29 is 9.59 Å². The van der Waals surface area contributed by atoms with Crippen molar-refractivity contribution in [3.8, 4) is 0 Å². The number of fused-ring (bicyclic) bond motifs is 1. The summed E-state index contributed by atoms with van der Waals surface area (Å²) in [5, 5.41) is 8.47. The van der Waals surface area contributed by atoms with Crippen LogP contribution in [-0.2, 0) is 4.79 Å². The van der Waals surface area contributed by atoms with E-state index in [4.69, 9.17) is 0 Å². The van der Waals surface area contributed by atoms with Crippen molar-refractivity contribution in [2.75, 3.05) is 26.2 Å². The monoisotopic (exact) mass is 414 g/mol. The molecule has 5 rings (SSSR count). The average molecular weight is 415 g/mol. The van der Waals surface area contributed by atoms with Gasteiger partial charge in [0.25, 0.3) is 5.91 Å². The van der Waals surface area contributed by atoms with E-state index in [-0.39, 0.29) is 17.2 Å². The Kier molecular flexibility index (Phi) is 4.85. The van der Waals surface area contributed by atoms with Gasteiger partial charge in [0.15, 0.2) is 0 Å². The van der Waals surface area contributed by atoms with Gasteiger partial charge in [-0.25, -0.2) is 0 Å². The van der Waals surface area contributed by atoms with E-state index in [1.54, 1.807) is 0 Å². The molecule has 1 saturated heterocycles. The van der Waals surface area contributed by atoms with Crippen LogP contribution in [0.15, 0.2) is 48.5 Å². The van der Waals surface area contributed by atoms with Gasteiger partial charge in [-0.1, -0.05) is 43.3 Å². The van der Waals surface area contributed by atoms with Crippen LogP contribution in [0.4, 0.5) is 0 Å². The summed E-state index contributed by atoms with van der Waals surface area (Å²) in [6.07, 6.45) is 5.95. The number of aromatic nitrogens is 2. The lowest BCUT2D eigenvalue weighted by molar-refractivity contribution is -0.137. The lowest BCUT2D eigenvalue weighted by atomic mass is 10.1. The highest BCUT2D eigenvalue weighted by Crippen LogP contribution is 2.46. The summed E-state index contributed by atoms with van der Waals surface area (Å²) in [5.41, 5.74) is 3.45. The van der Waals surface area contributed by atoms with Crippen molar-refractivity contribution in [3.63, 3.8) is 0 Å². The lowest BCUT2D eigenvalue weighted by Crippen LogP contribution is -2.52. The zero-order chi connectivity index (χ0) is 21.4. The van der Waals surface area contributed by atoms with Crippen LogP contribution in [-0.4, -0.2) is 58.0 Å². The molecular weight excluding hydrogens is 388 g/mol. The highest BCUT2D eigenvalue weighted by molar-refractivity contribution is 5.95. The summed E-state index contributed by atoms with van der Waals surface area (Å²) in [6, 6.07) is 15.7. The topological polar surface area (TPSA) is 69.3 Å². The molecule has 2 aromatic carbocycles. The van der Waals surface area contributed by atoms with Gasteiger partial charge in [-0.2, -0.15) is 5.10 Å². The molecule has 158 valence electrons. The van der Waals surface area contributed by atoms with Gasteiger partial charge in [-0.15, -0.1) is 0 Å². The summed E-state index contributed by atoms with van der Waals surface area (Å²) in [6.45, 7) is 4.47. The Morgan fingerprint density at radius 3 is 2.32 bits per heavy atom. The van der Waals surface area contributed by atoms with Crippen LogP contribution in [0.25, 0.3) is 23.1 Å². The second-order valence-electron chi connectivity index (χ2n) is 8.75. The standard InChI is InChI=1S/C25H26N4O2/c1-25(12-13-25)24(31)29-16-14-28(15-17-29)23(30)19-9-6-18(7-10-19)8-11-22-20-4-2-3-5-21(20)26-27-22/h2-11H,12-17H2,1H3,(H,26,27). The quantitative estimate of drug-likeness (QED) is 0.706. The number of rotatable bonds is 4. The fourth-order valence-corrected chi connectivity index (χ4v) is 4.10. The Morgan fingerprint density at radius 1 is 0.935 bits per heavy atom. The van der Waals surface area contributed by atoms with E-state index in [0.29, 0.717) is 31.7 Å². The third-order valence-electron chi connectivity index (χ3n) is 6.46. The molecule has 31 heavy (non-hydrogen) atoms. The van der Waals surface area contributed by atoms with E-state index in [2.05, 4.69) is 10.2 Å². The maximum atomic E-state index is 12.9. The van der Waals surface area contributed by atoms with Gasteiger partial charge in [0.05, 0.1) is 11.2 Å². The normalized spacial score (nSPS) is 18.0. The lowest BCUT2D eigenvalue weighted by Gasteiger charge is -2.36. The molecule has 1 saturated carbocycles. The number of benzene rings is 2. The Bertz CT molecular complexity index is 1150. The molecule has 2 fully saturated rings. The number of aromatic amines is 1. The van der Waals surface area contributed by atoms with Gasteiger partial charge in [-0.3, -0.25) is 14.7 Å². The second kappa shape index (κ2) is 7.69. The average Bonchev–Trinajstić information content (AvgIpc) is 3.44. The van der Waals surface area contributed by atoms with E-state index in [1.807, 2.05) is 77.4 Å². The predicted molar refractivity (Wildman–Crippen MR) is 121 cm³/mol. The molecule has 1 aliphatic carbocycles. The number of hydrogen-bond acceptors (Lipinski definition) is 3. The molecule has 6 nitrogen and oxygen atoms in total. The number of piperazine rings is 1. The van der Waals surface area contributed by atoms with Crippen molar-refractivity contribution >= 4 is 34.9 Å². The number of amides is 2. The van der Waals surface area contributed by atoms with Crippen LogP contribution < -0.4 is 0 Å². The van der Waals surface area contributed by atoms with E-state index in [0.717, 1.165) is 35.0 Å². The number of nitrogens with zero attached hydrogens (tertiary/aromatic N) is 3. The molecule has 3 aromatic rings. The first-order chi connectivity index (χ1) is 15.0. The Balaban J connectivity index is 1.21. The maximum Gasteiger partial charge on any atom is 0.253 e. The minimum atomic E-state index is -0.141. The Hall–Kier alpha value is -3.41. The summed E-state index contributed by atoms with van der Waals surface area (Å²) in [4.78, 5) is 29.1. The first-order valence-electron chi connectivity index (χ1n) is 10.8. The van der Waals surface area contributed by atoms with Crippen LogP contribution in [0, 0.1) is 5.41 Å². The van der Waals surface area contributed by atoms with Crippen molar-refractivity contribution in [2.45, 2.75) is 19.8 Å². The van der Waals surface area contributed by atoms with Gasteiger partial charge in [0.1, 0.15) is 0 Å². The first kappa shape index (κ1) is 19.5. The Labute approximate surface area is 181 Å². The van der Waals surface area contributed by atoms with Crippen LogP contribution in [0.5, 0.6) is 0 Å². The SMILES string of the molecule is CC1(C(=O)N2CCN(C(=O)c3ccc(C=Cc4n[nH]c5ccccc45)cc3)CC2)CC1. The van der Waals surface area contributed by atoms with E-state index >= 15 is 0 Å². The number of para-hydroxylation sites is 1. The number of carbonyl (C=O) groups is 2. The molecule has 2 heterocycles. The molecule has 2 amide bonds. The number of nitrogens with one attached hydrogen (secondary N) is 1. The molecule has 2 aliphatic rings. The fourth-order valence-electron chi connectivity index (χ4n) is 4.10. The molecule has 1 N–H and O–H groups in total. The summed E-state index contributed by atoms with van der Waals surface area (Å²) < 4.78 is 0. The molecule has 0 atom stereocenters. The van der Waals surface area contributed by atoms with Gasteiger partial charge >= 0.3 is 0 Å². The number of H-pyrrole nitrogens is 1. The van der Waals surface area contributed by atoms with Crippen molar-refractivity contribution in [2.24, 2.45) is 5.41 Å². The van der Waals surface area contributed by atoms with Gasteiger partial charge in [0, 0.05) is 42.5 Å². The highest BCUT2D eigenvalue weighted by Gasteiger charge is 2.47. The molecule has 6 heteroatoms. The summed E-state index contributed by atoms with van der Waals surface area (Å²) in [5.74, 6) is 0.277. The van der Waals surface area contributed by atoms with Crippen LogP contribution >= 0.6 is 0 Å². The molecule has 1 aliphatic heterocycles. The van der Waals surface area contributed by atoms with Crippen molar-refractivity contribution in [1.29, 1.82) is 0 Å². The third kappa shape index (κ3) is 3.85. The minimum absolute atomic E-state index is 0.0264. The fraction of sp³-hybridized carbons (Fsp3) is 0.320. The first-order valence-corrected chi connectivity index (χ1v) is 10.8. The maximum absolute atomic E-state index is 12.9. The summed E-state index contributed by atoms with van der Waals surface area (Å²) >= 11 is 0. The zero-order valence-corrected chi connectivity index (χ0v) is 17.7. The van der Waals surface area contributed by atoms with E-state index in [1.165, 1.54) is 0 Å². The third-order valence-corrected chi connectivity index (χ3v) is 6.46. The highest BCUT2D eigenvalue weighted by atomic mass is 16.2. The van der Waals surface area contributed by atoms with E-state index in [9.17, 15) is 9.59 Å². The Morgan fingerprint density at radius 2 is 1.61 bits per heavy atom. The predicted octanol–water partition coefficient (Wildman–Crippen LogP) is 3.82. The van der Waals surface area contributed by atoms with E-state index < -0.39 is 0 Å². The summed E-state index contributed by atoms with van der Waals surface area (Å²) in [7, 11) is 0. The molecule has 0 radical (unpaired) electrons. The second-order valence-corrected chi connectivity index (χ2v) is 8.75. The molecule has 0 bridgehead atoms. The largest absolute Gasteiger partial charge is 0.339 e. The van der Waals surface area contributed by atoms with Gasteiger partial charge < -0.3 is 9.80 Å². The van der Waals surface area contributed by atoms with Crippen molar-refractivity contribution in [1.82, 2.24) is 20.0 Å².